The zero-order valence-electron chi connectivity index (χ0n) is 20.1. The highest BCUT2D eigenvalue weighted by molar-refractivity contribution is 5.93. The zero-order chi connectivity index (χ0) is 26.2. The van der Waals surface area contributed by atoms with Gasteiger partial charge in [-0.3, -0.25) is 9.59 Å². The summed E-state index contributed by atoms with van der Waals surface area (Å²) in [6.07, 6.45) is 2.61. The van der Waals surface area contributed by atoms with Crippen LogP contribution in [-0.2, 0) is 11.2 Å². The molecule has 7 nitrogen and oxygen atoms in total. The van der Waals surface area contributed by atoms with Gasteiger partial charge in [-0.2, -0.15) is 0 Å². The number of nitrogens with zero attached hydrogens (tertiary/aromatic N) is 3. The summed E-state index contributed by atoms with van der Waals surface area (Å²) < 4.78 is 48.0. The van der Waals surface area contributed by atoms with Crippen molar-refractivity contribution in [1.82, 2.24) is 20.2 Å². The highest BCUT2D eigenvalue weighted by Gasteiger charge is 2.53. The normalized spacial score (nSPS) is 17.9. The molecular formula is C27H25F3N4O3. The monoisotopic (exact) mass is 510 g/mol. The van der Waals surface area contributed by atoms with E-state index in [1.807, 2.05) is 0 Å². The number of carbonyl (C=O) groups excluding carboxylic acids is 2. The van der Waals surface area contributed by atoms with Gasteiger partial charge in [0, 0.05) is 30.6 Å². The number of likely N-dealkylation sites (tertiary alicyclic amines) is 1. The number of halogens is 3. The van der Waals surface area contributed by atoms with Crippen molar-refractivity contribution >= 4 is 11.8 Å². The van der Waals surface area contributed by atoms with E-state index in [9.17, 15) is 22.8 Å². The van der Waals surface area contributed by atoms with Gasteiger partial charge in [-0.25, -0.2) is 23.1 Å². The number of rotatable bonds is 6. The molecule has 2 amide bonds. The average molecular weight is 511 g/mol. The molecule has 0 radical (unpaired) electrons. The minimum atomic E-state index is -0.970. The lowest BCUT2D eigenvalue weighted by molar-refractivity contribution is -0.143. The third kappa shape index (κ3) is 4.75. The maximum Gasteiger partial charge on any atom is 0.270 e. The van der Waals surface area contributed by atoms with Crippen molar-refractivity contribution in [1.29, 1.82) is 0 Å². The Morgan fingerprint density at radius 2 is 1.76 bits per heavy atom. The Balaban J connectivity index is 1.26. The van der Waals surface area contributed by atoms with E-state index in [4.69, 9.17) is 4.74 Å². The molecule has 1 aliphatic heterocycles. The van der Waals surface area contributed by atoms with Crippen LogP contribution in [0.5, 0.6) is 5.88 Å². The molecule has 37 heavy (non-hydrogen) atoms. The molecule has 3 aromatic rings. The van der Waals surface area contributed by atoms with Gasteiger partial charge in [-0.1, -0.05) is 18.6 Å². The van der Waals surface area contributed by atoms with Crippen molar-refractivity contribution in [2.24, 2.45) is 5.41 Å². The Hall–Kier alpha value is -3.95. The van der Waals surface area contributed by atoms with Crippen molar-refractivity contribution in [3.63, 3.8) is 0 Å². The summed E-state index contributed by atoms with van der Waals surface area (Å²) >= 11 is 0. The Labute approximate surface area is 211 Å². The van der Waals surface area contributed by atoms with Gasteiger partial charge in [-0.15, -0.1) is 0 Å². The molecule has 2 aromatic heterocycles. The van der Waals surface area contributed by atoms with E-state index in [1.165, 1.54) is 19.2 Å². The summed E-state index contributed by atoms with van der Waals surface area (Å²) in [7, 11) is 1.52. The third-order valence-corrected chi connectivity index (χ3v) is 7.18. The Morgan fingerprint density at radius 3 is 2.49 bits per heavy atom. The first kappa shape index (κ1) is 24.7. The number of nitrogens with one attached hydrogen (secondary N) is 1. The SMILES string of the molecule is COc1cccc(CC(=O)N2CC3(CCCC3NC(=O)c3ccc(F)c(-c4c(F)cccc4F)n3)C2)n1. The summed E-state index contributed by atoms with van der Waals surface area (Å²) in [5.41, 5.74) is -0.960. The van der Waals surface area contributed by atoms with Gasteiger partial charge in [0.2, 0.25) is 11.8 Å². The minimum absolute atomic E-state index is 0.0555. The van der Waals surface area contributed by atoms with Crippen LogP contribution in [0.25, 0.3) is 11.3 Å². The van der Waals surface area contributed by atoms with Crippen LogP contribution >= 0.6 is 0 Å². The quantitative estimate of drug-likeness (QED) is 0.544. The van der Waals surface area contributed by atoms with E-state index in [1.54, 1.807) is 23.1 Å². The fraction of sp³-hybridized carbons (Fsp3) is 0.333. The lowest BCUT2D eigenvalue weighted by Crippen LogP contribution is -2.65. The molecule has 1 spiro atoms. The Bertz CT molecular complexity index is 1340. The van der Waals surface area contributed by atoms with Gasteiger partial charge < -0.3 is 15.0 Å². The molecule has 1 atom stereocenters. The number of benzene rings is 1. The van der Waals surface area contributed by atoms with Gasteiger partial charge in [0.15, 0.2) is 0 Å². The molecule has 1 aliphatic carbocycles. The van der Waals surface area contributed by atoms with Gasteiger partial charge in [0.1, 0.15) is 28.8 Å². The smallest absolute Gasteiger partial charge is 0.270 e. The van der Waals surface area contributed by atoms with E-state index in [2.05, 4.69) is 15.3 Å². The van der Waals surface area contributed by atoms with Gasteiger partial charge in [0.05, 0.1) is 24.8 Å². The highest BCUT2D eigenvalue weighted by Crippen LogP contribution is 2.46. The van der Waals surface area contributed by atoms with Crippen molar-refractivity contribution in [3.8, 4) is 17.1 Å². The van der Waals surface area contributed by atoms with Crippen LogP contribution < -0.4 is 10.1 Å². The van der Waals surface area contributed by atoms with Crippen LogP contribution in [0.3, 0.4) is 0 Å². The van der Waals surface area contributed by atoms with Crippen molar-refractivity contribution in [2.75, 3.05) is 20.2 Å². The highest BCUT2D eigenvalue weighted by atomic mass is 19.1. The molecule has 1 saturated heterocycles. The van der Waals surface area contributed by atoms with E-state index in [-0.39, 0.29) is 29.5 Å². The summed E-state index contributed by atoms with van der Waals surface area (Å²) in [4.78, 5) is 35.8. The molecule has 1 N–H and O–H groups in total. The molecule has 1 saturated carbocycles. The molecule has 192 valence electrons. The number of carbonyl (C=O) groups is 2. The van der Waals surface area contributed by atoms with Crippen molar-refractivity contribution in [3.05, 3.63) is 77.4 Å². The number of aromatic nitrogens is 2. The van der Waals surface area contributed by atoms with E-state index < -0.39 is 34.6 Å². The second-order valence-corrected chi connectivity index (χ2v) is 9.50. The zero-order valence-corrected chi connectivity index (χ0v) is 20.1. The fourth-order valence-corrected chi connectivity index (χ4v) is 5.27. The van der Waals surface area contributed by atoms with Gasteiger partial charge in [-0.05, 0) is 43.2 Å². The molecule has 1 unspecified atom stereocenters. The van der Waals surface area contributed by atoms with Crippen LogP contribution in [0.4, 0.5) is 13.2 Å². The maximum absolute atomic E-state index is 14.4. The lowest BCUT2D eigenvalue weighted by atomic mass is 9.74. The first-order valence-electron chi connectivity index (χ1n) is 12.0. The third-order valence-electron chi connectivity index (χ3n) is 7.18. The van der Waals surface area contributed by atoms with Gasteiger partial charge in [0.25, 0.3) is 5.91 Å². The minimum Gasteiger partial charge on any atom is -0.481 e. The molecule has 2 aliphatic rings. The molecular weight excluding hydrogens is 485 g/mol. The summed E-state index contributed by atoms with van der Waals surface area (Å²) in [5.74, 6) is -3.05. The van der Waals surface area contributed by atoms with Crippen molar-refractivity contribution in [2.45, 2.75) is 31.7 Å². The fourth-order valence-electron chi connectivity index (χ4n) is 5.27. The second kappa shape index (κ2) is 9.84. The molecule has 3 heterocycles. The number of ether oxygens (including phenoxy) is 1. The van der Waals surface area contributed by atoms with Crippen LogP contribution in [0.2, 0.25) is 0 Å². The standard InChI is InChI=1S/C27H25F3N4O3/c1-37-22-9-2-5-16(31-22)13-23(35)34-14-27(15-34)12-4-8-21(27)33-26(36)20-11-10-19(30)25(32-20)24-17(28)6-3-7-18(24)29/h2-3,5-7,9-11,21H,4,8,12-15H2,1H3,(H,33,36). The number of pyridine rings is 2. The Kier molecular flexibility index (Phi) is 6.57. The summed E-state index contributed by atoms with van der Waals surface area (Å²) in [6.45, 7) is 1.01. The van der Waals surface area contributed by atoms with Gasteiger partial charge >= 0.3 is 0 Å². The van der Waals surface area contributed by atoms with Crippen LogP contribution in [0.1, 0.15) is 35.4 Å². The summed E-state index contributed by atoms with van der Waals surface area (Å²) in [6, 6.07) is 10.4. The number of hydrogen-bond acceptors (Lipinski definition) is 5. The van der Waals surface area contributed by atoms with Crippen LogP contribution in [0, 0.1) is 22.9 Å². The average Bonchev–Trinajstić information content (AvgIpc) is 3.27. The van der Waals surface area contributed by atoms with E-state index in [0.717, 1.165) is 37.5 Å². The summed E-state index contributed by atoms with van der Waals surface area (Å²) in [5, 5.41) is 2.96. The predicted molar refractivity (Wildman–Crippen MR) is 128 cm³/mol. The lowest BCUT2D eigenvalue weighted by Gasteiger charge is -2.51. The Morgan fingerprint density at radius 1 is 1.03 bits per heavy atom. The number of amides is 2. The van der Waals surface area contributed by atoms with Crippen LogP contribution in [0.15, 0.2) is 48.5 Å². The molecule has 0 bridgehead atoms. The molecule has 2 fully saturated rings. The number of methoxy groups -OCH3 is 1. The second-order valence-electron chi connectivity index (χ2n) is 9.50. The predicted octanol–water partition coefficient (Wildman–Crippen LogP) is 3.92. The number of hydrogen-bond donors (Lipinski definition) is 1. The largest absolute Gasteiger partial charge is 0.481 e. The van der Waals surface area contributed by atoms with E-state index >= 15 is 0 Å². The first-order chi connectivity index (χ1) is 17.8. The maximum atomic E-state index is 14.4. The molecule has 1 aromatic carbocycles. The van der Waals surface area contributed by atoms with Crippen LogP contribution in [-0.4, -0.2) is 52.9 Å². The van der Waals surface area contributed by atoms with Crippen molar-refractivity contribution < 1.29 is 27.5 Å². The molecule has 10 heteroatoms. The van der Waals surface area contributed by atoms with E-state index in [0.29, 0.717) is 24.7 Å². The molecule has 5 rings (SSSR count). The topological polar surface area (TPSA) is 84.4 Å². The first-order valence-corrected chi connectivity index (χ1v) is 12.0.